The minimum atomic E-state index is -1.46. The summed E-state index contributed by atoms with van der Waals surface area (Å²) < 4.78 is 17.4. The van der Waals surface area contributed by atoms with Crippen LogP contribution in [-0.2, 0) is 18.9 Å². The van der Waals surface area contributed by atoms with E-state index < -0.39 is 25.9 Å². The highest BCUT2D eigenvalue weighted by atomic mass is 16.8. The van der Waals surface area contributed by atoms with Crippen LogP contribution in [0.4, 0.5) is 9.59 Å². The average molecular weight is 208 g/mol. The molecule has 0 saturated carbocycles. The van der Waals surface area contributed by atoms with Crippen LogP contribution in [0.1, 0.15) is 13.8 Å². The van der Waals surface area contributed by atoms with Gasteiger partial charge >= 0.3 is 12.3 Å². The Balaban J connectivity index is 3.27. The largest absolute Gasteiger partial charge is 0.510 e. The van der Waals surface area contributed by atoms with Crippen LogP contribution in [0.3, 0.4) is 0 Å². The number of rotatable bonds is 5. The molecule has 0 aliphatic carbocycles. The van der Waals surface area contributed by atoms with E-state index in [1.165, 1.54) is 0 Å². The molecule has 0 atom stereocenters. The third kappa shape index (κ3) is 8.60. The standard InChI is InChI=1S/C7H12O7/c1-5(2)14-7(10)13-4-11-3-12-6(8)9/h5H,3-4H2,1-2H3,(H,8,9). The second kappa shape index (κ2) is 6.96. The van der Waals surface area contributed by atoms with Gasteiger partial charge in [0.25, 0.3) is 0 Å². The number of hydrogen-bond acceptors (Lipinski definition) is 6. The molecule has 0 amide bonds. The van der Waals surface area contributed by atoms with Crippen molar-refractivity contribution in [3.05, 3.63) is 0 Å². The van der Waals surface area contributed by atoms with E-state index in [0.717, 1.165) is 0 Å². The van der Waals surface area contributed by atoms with Crippen molar-refractivity contribution in [3.8, 4) is 0 Å². The predicted octanol–water partition coefficient (Wildman–Crippen LogP) is 1.17. The van der Waals surface area contributed by atoms with Gasteiger partial charge in [0.2, 0.25) is 0 Å². The fourth-order valence-corrected chi connectivity index (χ4v) is 0.442. The first-order valence-corrected chi connectivity index (χ1v) is 3.79. The maximum Gasteiger partial charge on any atom is 0.510 e. The molecule has 1 N–H and O–H groups in total. The zero-order valence-electron chi connectivity index (χ0n) is 7.89. The van der Waals surface area contributed by atoms with Crippen LogP contribution in [0.25, 0.3) is 0 Å². The third-order valence-electron chi connectivity index (χ3n) is 0.858. The van der Waals surface area contributed by atoms with E-state index in [4.69, 9.17) is 5.11 Å². The molecule has 0 saturated heterocycles. The Hall–Kier alpha value is -1.50. The van der Waals surface area contributed by atoms with Gasteiger partial charge in [0, 0.05) is 0 Å². The number of carbonyl (C=O) groups is 2. The number of hydrogen-bond donors (Lipinski definition) is 1. The molecule has 0 aliphatic rings. The molecule has 0 fully saturated rings. The first-order chi connectivity index (χ1) is 6.52. The smallest absolute Gasteiger partial charge is 0.450 e. The summed E-state index contributed by atoms with van der Waals surface area (Å²) >= 11 is 0. The molecule has 0 radical (unpaired) electrons. The molecule has 0 aromatic heterocycles. The molecular weight excluding hydrogens is 196 g/mol. The lowest BCUT2D eigenvalue weighted by molar-refractivity contribution is -0.107. The van der Waals surface area contributed by atoms with Gasteiger partial charge in [0.15, 0.2) is 13.6 Å². The first kappa shape index (κ1) is 12.5. The summed E-state index contributed by atoms with van der Waals surface area (Å²) in [7, 11) is 0. The average Bonchev–Trinajstić information content (AvgIpc) is 2.01. The molecule has 14 heavy (non-hydrogen) atoms. The Kier molecular flexibility index (Phi) is 6.21. The van der Waals surface area contributed by atoms with Crippen LogP contribution >= 0.6 is 0 Å². The van der Waals surface area contributed by atoms with Crippen molar-refractivity contribution in [2.24, 2.45) is 0 Å². The van der Waals surface area contributed by atoms with E-state index in [1.807, 2.05) is 0 Å². The quantitative estimate of drug-likeness (QED) is 0.412. The number of ether oxygens (including phenoxy) is 4. The molecule has 0 spiro atoms. The van der Waals surface area contributed by atoms with Gasteiger partial charge in [0.1, 0.15) is 0 Å². The van der Waals surface area contributed by atoms with Crippen LogP contribution in [0.2, 0.25) is 0 Å². The molecule has 0 unspecified atom stereocenters. The summed E-state index contributed by atoms with van der Waals surface area (Å²) in [6, 6.07) is 0. The highest BCUT2D eigenvalue weighted by Crippen LogP contribution is 1.92. The highest BCUT2D eigenvalue weighted by Gasteiger charge is 2.05. The topological polar surface area (TPSA) is 91.3 Å². The fraction of sp³-hybridized carbons (Fsp3) is 0.714. The Morgan fingerprint density at radius 3 is 2.29 bits per heavy atom. The lowest BCUT2D eigenvalue weighted by Crippen LogP contribution is -2.16. The predicted molar refractivity (Wildman–Crippen MR) is 42.6 cm³/mol. The maximum atomic E-state index is 10.7. The Morgan fingerprint density at radius 1 is 1.21 bits per heavy atom. The molecule has 7 heteroatoms. The lowest BCUT2D eigenvalue weighted by Gasteiger charge is -2.08. The monoisotopic (exact) mass is 208 g/mol. The molecule has 82 valence electrons. The van der Waals surface area contributed by atoms with Crippen LogP contribution in [0.5, 0.6) is 0 Å². The maximum absolute atomic E-state index is 10.7. The van der Waals surface area contributed by atoms with Crippen molar-refractivity contribution in [2.75, 3.05) is 13.6 Å². The van der Waals surface area contributed by atoms with Crippen molar-refractivity contribution in [2.45, 2.75) is 20.0 Å². The van der Waals surface area contributed by atoms with E-state index in [2.05, 4.69) is 18.9 Å². The second-order valence-corrected chi connectivity index (χ2v) is 2.41. The molecular formula is C7H12O7. The minimum Gasteiger partial charge on any atom is -0.450 e. The zero-order chi connectivity index (χ0) is 11.0. The van der Waals surface area contributed by atoms with E-state index >= 15 is 0 Å². The second-order valence-electron chi connectivity index (χ2n) is 2.41. The van der Waals surface area contributed by atoms with E-state index in [-0.39, 0.29) is 6.10 Å². The Bertz CT molecular complexity index is 188. The van der Waals surface area contributed by atoms with Gasteiger partial charge in [-0.2, -0.15) is 0 Å². The van der Waals surface area contributed by atoms with Gasteiger partial charge in [-0.1, -0.05) is 0 Å². The first-order valence-electron chi connectivity index (χ1n) is 3.79. The van der Waals surface area contributed by atoms with Crippen molar-refractivity contribution in [1.82, 2.24) is 0 Å². The van der Waals surface area contributed by atoms with Gasteiger partial charge in [-0.15, -0.1) is 0 Å². The number of carboxylic acid groups (broad SMARTS) is 1. The summed E-state index contributed by atoms with van der Waals surface area (Å²) in [5.41, 5.74) is 0. The summed E-state index contributed by atoms with van der Waals surface area (Å²) in [4.78, 5) is 20.5. The summed E-state index contributed by atoms with van der Waals surface area (Å²) in [5, 5.41) is 8.01. The van der Waals surface area contributed by atoms with Gasteiger partial charge in [-0.25, -0.2) is 9.59 Å². The highest BCUT2D eigenvalue weighted by molar-refractivity contribution is 5.59. The van der Waals surface area contributed by atoms with Crippen molar-refractivity contribution in [1.29, 1.82) is 0 Å². The molecule has 0 rings (SSSR count). The normalized spacial score (nSPS) is 9.64. The Labute approximate surface area is 80.5 Å². The minimum absolute atomic E-state index is 0.280. The van der Waals surface area contributed by atoms with Crippen LogP contribution in [0, 0.1) is 0 Å². The van der Waals surface area contributed by atoms with E-state index in [9.17, 15) is 9.59 Å². The molecule has 0 aromatic carbocycles. The van der Waals surface area contributed by atoms with E-state index in [1.54, 1.807) is 13.8 Å². The Morgan fingerprint density at radius 2 is 1.79 bits per heavy atom. The van der Waals surface area contributed by atoms with Gasteiger partial charge in [-0.3, -0.25) is 0 Å². The summed E-state index contributed by atoms with van der Waals surface area (Å²) in [6.07, 6.45) is -2.62. The summed E-state index contributed by atoms with van der Waals surface area (Å²) in [5.74, 6) is 0. The summed E-state index contributed by atoms with van der Waals surface area (Å²) in [6.45, 7) is 2.41. The lowest BCUT2D eigenvalue weighted by atomic mass is 10.5. The SMILES string of the molecule is CC(C)OC(=O)OCOCOC(=O)O. The zero-order valence-corrected chi connectivity index (χ0v) is 7.89. The van der Waals surface area contributed by atoms with Gasteiger partial charge in [-0.05, 0) is 13.8 Å². The van der Waals surface area contributed by atoms with Crippen LogP contribution < -0.4 is 0 Å². The molecule has 0 aliphatic heterocycles. The number of carbonyl (C=O) groups excluding carboxylic acids is 1. The van der Waals surface area contributed by atoms with Crippen molar-refractivity contribution < 1.29 is 33.6 Å². The van der Waals surface area contributed by atoms with Crippen molar-refractivity contribution >= 4 is 12.3 Å². The van der Waals surface area contributed by atoms with Crippen LogP contribution in [0.15, 0.2) is 0 Å². The third-order valence-corrected chi connectivity index (χ3v) is 0.858. The molecule has 7 nitrogen and oxygen atoms in total. The van der Waals surface area contributed by atoms with Gasteiger partial charge < -0.3 is 24.1 Å². The van der Waals surface area contributed by atoms with Crippen molar-refractivity contribution in [3.63, 3.8) is 0 Å². The fourth-order valence-electron chi connectivity index (χ4n) is 0.442. The molecule has 0 heterocycles. The molecule has 0 aromatic rings. The van der Waals surface area contributed by atoms with Gasteiger partial charge in [0.05, 0.1) is 6.10 Å². The van der Waals surface area contributed by atoms with E-state index in [0.29, 0.717) is 0 Å². The molecule has 0 bridgehead atoms. The van der Waals surface area contributed by atoms with Crippen LogP contribution in [-0.4, -0.2) is 37.1 Å².